The number of nitrogens with zero attached hydrogens (tertiary/aromatic N) is 1. The first-order chi connectivity index (χ1) is 10.0. The zero-order valence-electron chi connectivity index (χ0n) is 12.8. The van der Waals surface area contributed by atoms with E-state index in [0.29, 0.717) is 13.2 Å². The second-order valence-electron chi connectivity index (χ2n) is 5.49. The van der Waals surface area contributed by atoms with E-state index >= 15 is 0 Å². The van der Waals surface area contributed by atoms with Gasteiger partial charge in [0, 0.05) is 5.92 Å². The van der Waals surface area contributed by atoms with Gasteiger partial charge in [0.1, 0.15) is 5.54 Å². The van der Waals surface area contributed by atoms with E-state index in [0.717, 1.165) is 5.56 Å². The standard InChI is InChI=1S/C16H23NO4/c1-4-20-15(19)16(3)14(11-18)12(2)21-17(16)10-13-8-6-5-7-9-13/h5-9,12,14,18H,4,10-11H2,1-3H3/t12-,14-,16-/m1/s1. The molecular formula is C16H23NO4. The van der Waals surface area contributed by atoms with Crippen LogP contribution in [0.15, 0.2) is 30.3 Å². The summed E-state index contributed by atoms with van der Waals surface area (Å²) < 4.78 is 5.21. The van der Waals surface area contributed by atoms with E-state index in [2.05, 4.69) is 0 Å². The molecule has 0 aliphatic carbocycles. The first kappa shape index (κ1) is 15.9. The van der Waals surface area contributed by atoms with Gasteiger partial charge in [-0.05, 0) is 26.3 Å². The smallest absolute Gasteiger partial charge is 0.329 e. The molecule has 5 heteroatoms. The average molecular weight is 293 g/mol. The number of benzene rings is 1. The van der Waals surface area contributed by atoms with Gasteiger partial charge < -0.3 is 9.84 Å². The van der Waals surface area contributed by atoms with Gasteiger partial charge in [0.2, 0.25) is 0 Å². The topological polar surface area (TPSA) is 59.0 Å². The molecule has 1 heterocycles. The minimum Gasteiger partial charge on any atom is -0.465 e. The van der Waals surface area contributed by atoms with Crippen LogP contribution in [0.3, 0.4) is 0 Å². The highest BCUT2D eigenvalue weighted by Gasteiger charge is 2.56. The lowest BCUT2D eigenvalue weighted by molar-refractivity contribution is -0.204. The van der Waals surface area contributed by atoms with Crippen molar-refractivity contribution in [3.63, 3.8) is 0 Å². The Labute approximate surface area is 125 Å². The van der Waals surface area contributed by atoms with Gasteiger partial charge in [0.25, 0.3) is 0 Å². The number of carbonyl (C=O) groups excluding carboxylic acids is 1. The minimum atomic E-state index is -0.986. The summed E-state index contributed by atoms with van der Waals surface area (Å²) in [7, 11) is 0. The van der Waals surface area contributed by atoms with Crippen molar-refractivity contribution in [2.24, 2.45) is 5.92 Å². The van der Waals surface area contributed by atoms with Crippen LogP contribution in [-0.4, -0.2) is 41.0 Å². The number of hydrogen-bond donors (Lipinski definition) is 1. The summed E-state index contributed by atoms with van der Waals surface area (Å²) in [5.41, 5.74) is 0.0545. The molecule has 1 aliphatic rings. The fourth-order valence-electron chi connectivity index (χ4n) is 2.83. The molecule has 1 N–H and O–H groups in total. The SMILES string of the molecule is CCOC(=O)[C@@]1(C)[C@H](CO)[C@@H](C)ON1Cc1ccccc1. The maximum Gasteiger partial charge on any atom is 0.329 e. The van der Waals surface area contributed by atoms with Crippen LogP contribution in [0.1, 0.15) is 26.3 Å². The predicted octanol–water partition coefficient (Wildman–Crippen LogP) is 1.75. The summed E-state index contributed by atoms with van der Waals surface area (Å²) in [5, 5.41) is 11.3. The Bertz CT molecular complexity index is 478. The Kier molecular flexibility index (Phi) is 4.98. The molecule has 1 fully saturated rings. The van der Waals surface area contributed by atoms with Crippen LogP contribution in [-0.2, 0) is 20.9 Å². The Morgan fingerprint density at radius 2 is 2.10 bits per heavy atom. The average Bonchev–Trinajstić information content (AvgIpc) is 2.72. The summed E-state index contributed by atoms with van der Waals surface area (Å²) in [6, 6.07) is 9.79. The number of aliphatic hydroxyl groups is 1. The number of aliphatic hydroxyl groups excluding tert-OH is 1. The molecule has 1 aromatic carbocycles. The number of rotatable bonds is 5. The van der Waals surface area contributed by atoms with Crippen molar-refractivity contribution in [2.75, 3.05) is 13.2 Å². The van der Waals surface area contributed by atoms with E-state index in [1.54, 1.807) is 18.9 Å². The van der Waals surface area contributed by atoms with Crippen molar-refractivity contribution >= 4 is 5.97 Å². The lowest BCUT2D eigenvalue weighted by Gasteiger charge is -2.33. The number of ether oxygens (including phenoxy) is 1. The van der Waals surface area contributed by atoms with Crippen molar-refractivity contribution in [3.8, 4) is 0 Å². The van der Waals surface area contributed by atoms with Crippen LogP contribution in [0.5, 0.6) is 0 Å². The van der Waals surface area contributed by atoms with Crippen molar-refractivity contribution in [3.05, 3.63) is 35.9 Å². The molecular weight excluding hydrogens is 270 g/mol. The zero-order valence-corrected chi connectivity index (χ0v) is 12.8. The Morgan fingerprint density at radius 1 is 1.43 bits per heavy atom. The highest BCUT2D eigenvalue weighted by Crippen LogP contribution is 2.39. The molecule has 1 aromatic rings. The largest absolute Gasteiger partial charge is 0.465 e. The highest BCUT2D eigenvalue weighted by atomic mass is 16.7. The molecule has 116 valence electrons. The fourth-order valence-corrected chi connectivity index (χ4v) is 2.83. The van der Waals surface area contributed by atoms with Crippen molar-refractivity contribution in [1.82, 2.24) is 5.06 Å². The molecule has 0 unspecified atom stereocenters. The molecule has 0 aromatic heterocycles. The summed E-state index contributed by atoms with van der Waals surface area (Å²) >= 11 is 0. The van der Waals surface area contributed by atoms with E-state index in [9.17, 15) is 9.90 Å². The van der Waals surface area contributed by atoms with Gasteiger partial charge >= 0.3 is 5.97 Å². The van der Waals surface area contributed by atoms with Gasteiger partial charge in [-0.3, -0.25) is 4.84 Å². The molecule has 21 heavy (non-hydrogen) atoms. The third-order valence-corrected chi connectivity index (χ3v) is 4.15. The van der Waals surface area contributed by atoms with Crippen LogP contribution >= 0.6 is 0 Å². The molecule has 0 saturated carbocycles. The molecule has 0 radical (unpaired) electrons. The molecule has 0 bridgehead atoms. The zero-order chi connectivity index (χ0) is 15.5. The third kappa shape index (κ3) is 2.95. The van der Waals surface area contributed by atoms with Crippen LogP contribution < -0.4 is 0 Å². The summed E-state index contributed by atoms with van der Waals surface area (Å²) in [5.74, 6) is -0.676. The van der Waals surface area contributed by atoms with Gasteiger partial charge in [-0.25, -0.2) is 4.79 Å². The van der Waals surface area contributed by atoms with Crippen molar-refractivity contribution in [2.45, 2.75) is 39.0 Å². The molecule has 3 atom stereocenters. The van der Waals surface area contributed by atoms with Gasteiger partial charge in [0.15, 0.2) is 0 Å². The van der Waals surface area contributed by atoms with Gasteiger partial charge in [-0.1, -0.05) is 30.3 Å². The molecule has 2 rings (SSSR count). The summed E-state index contributed by atoms with van der Waals surface area (Å²) in [4.78, 5) is 18.3. The van der Waals surface area contributed by atoms with Crippen molar-refractivity contribution in [1.29, 1.82) is 0 Å². The maximum absolute atomic E-state index is 12.4. The van der Waals surface area contributed by atoms with Gasteiger partial charge in [-0.15, -0.1) is 0 Å². The molecule has 0 spiro atoms. The van der Waals surface area contributed by atoms with Crippen LogP contribution in [0, 0.1) is 5.92 Å². The number of esters is 1. The Balaban J connectivity index is 2.27. The Hall–Kier alpha value is -1.43. The van der Waals surface area contributed by atoms with Crippen LogP contribution in [0.2, 0.25) is 0 Å². The van der Waals surface area contributed by atoms with Gasteiger partial charge in [-0.2, -0.15) is 5.06 Å². The molecule has 1 saturated heterocycles. The minimum absolute atomic E-state index is 0.123. The van der Waals surface area contributed by atoms with E-state index < -0.39 is 5.54 Å². The summed E-state index contributed by atoms with van der Waals surface area (Å²) in [6.07, 6.45) is -0.242. The van der Waals surface area contributed by atoms with E-state index in [1.165, 1.54) is 0 Å². The van der Waals surface area contributed by atoms with Crippen LogP contribution in [0.4, 0.5) is 0 Å². The van der Waals surface area contributed by atoms with Crippen molar-refractivity contribution < 1.29 is 19.5 Å². The fraction of sp³-hybridized carbons (Fsp3) is 0.562. The molecule has 0 amide bonds. The second-order valence-corrected chi connectivity index (χ2v) is 5.49. The molecule has 5 nitrogen and oxygen atoms in total. The first-order valence-corrected chi connectivity index (χ1v) is 7.30. The van der Waals surface area contributed by atoms with E-state index in [4.69, 9.17) is 9.57 Å². The Morgan fingerprint density at radius 3 is 2.67 bits per heavy atom. The number of hydrogen-bond acceptors (Lipinski definition) is 5. The van der Waals surface area contributed by atoms with Gasteiger partial charge in [0.05, 0.1) is 25.9 Å². The highest BCUT2D eigenvalue weighted by molar-refractivity contribution is 5.81. The quantitative estimate of drug-likeness (QED) is 0.838. The lowest BCUT2D eigenvalue weighted by atomic mass is 9.83. The first-order valence-electron chi connectivity index (χ1n) is 7.30. The lowest BCUT2D eigenvalue weighted by Crippen LogP contribution is -2.53. The van der Waals surface area contributed by atoms with E-state index in [-0.39, 0.29) is 24.6 Å². The monoisotopic (exact) mass is 293 g/mol. The molecule has 1 aliphatic heterocycles. The van der Waals surface area contributed by atoms with Crippen LogP contribution in [0.25, 0.3) is 0 Å². The number of carbonyl (C=O) groups is 1. The second kappa shape index (κ2) is 6.56. The number of hydroxylamine groups is 2. The maximum atomic E-state index is 12.4. The third-order valence-electron chi connectivity index (χ3n) is 4.15. The summed E-state index contributed by atoms with van der Waals surface area (Å²) in [6.45, 7) is 6.07. The normalized spacial score (nSPS) is 29.5. The predicted molar refractivity (Wildman–Crippen MR) is 78.1 cm³/mol. The van der Waals surface area contributed by atoms with E-state index in [1.807, 2.05) is 37.3 Å².